The average Bonchev–Trinajstić information content (AvgIpc) is 3.29. The molecule has 0 radical (unpaired) electrons. The number of aliphatic hydroxyl groups is 3. The van der Waals surface area contributed by atoms with E-state index in [1.54, 1.807) is 25.1 Å². The lowest BCUT2D eigenvalue weighted by molar-refractivity contribution is -0.384. The summed E-state index contributed by atoms with van der Waals surface area (Å²) in [7, 11) is 0. The SMILES string of the molecule is C=CCO[C@@]12Oc3ccc(OC(=O)NCC)cc3[C@H]3[C@H](CCCCO)[C@@H](CCCCO)C=C(C(=NOC4CCCCO4)C[C@@H]1N(CCOCCO)C(=O)Oc1ccc([N+](=O)[O-])cc1)[C@H]32. The van der Waals surface area contributed by atoms with Crippen LogP contribution in [0.2, 0.25) is 0 Å². The van der Waals surface area contributed by atoms with Crippen molar-refractivity contribution in [2.45, 2.75) is 95.2 Å². The maximum atomic E-state index is 14.8. The maximum absolute atomic E-state index is 14.8. The van der Waals surface area contributed by atoms with Crippen LogP contribution in [0.5, 0.6) is 17.2 Å². The Morgan fingerprint density at radius 1 is 1.02 bits per heavy atom. The summed E-state index contributed by atoms with van der Waals surface area (Å²) in [6.45, 7) is 6.37. The van der Waals surface area contributed by atoms with Crippen LogP contribution in [0.4, 0.5) is 15.3 Å². The van der Waals surface area contributed by atoms with Gasteiger partial charge < -0.3 is 53.9 Å². The Morgan fingerprint density at radius 3 is 2.47 bits per heavy atom. The summed E-state index contributed by atoms with van der Waals surface area (Å²) in [5.74, 6) is -2.13. The number of carbonyl (C=O) groups is 2. The van der Waals surface area contributed by atoms with Gasteiger partial charge in [-0.05, 0) is 93.2 Å². The summed E-state index contributed by atoms with van der Waals surface area (Å²) in [5.41, 5.74) is 1.88. The number of nitrogens with zero attached hydrogens (tertiary/aromatic N) is 3. The summed E-state index contributed by atoms with van der Waals surface area (Å²) < 4.78 is 37.6. The Labute approximate surface area is 373 Å². The first-order valence-electron chi connectivity index (χ1n) is 22.4. The van der Waals surface area contributed by atoms with Crippen molar-refractivity contribution in [1.29, 1.82) is 0 Å². The molecule has 1 saturated heterocycles. The van der Waals surface area contributed by atoms with E-state index in [-0.39, 0.29) is 75.9 Å². The van der Waals surface area contributed by atoms with Gasteiger partial charge in [0.05, 0.1) is 49.6 Å². The van der Waals surface area contributed by atoms with Crippen LogP contribution in [0.1, 0.15) is 82.6 Å². The van der Waals surface area contributed by atoms with E-state index >= 15 is 0 Å². The molecule has 18 nitrogen and oxygen atoms in total. The van der Waals surface area contributed by atoms with E-state index in [4.69, 9.17) is 38.4 Å². The molecule has 1 unspecified atom stereocenters. The molecule has 2 aliphatic heterocycles. The van der Waals surface area contributed by atoms with Crippen LogP contribution in [0.3, 0.4) is 0 Å². The first-order valence-corrected chi connectivity index (χ1v) is 22.4. The number of nitrogens with one attached hydrogen (secondary N) is 1. The molecule has 2 amide bonds. The maximum Gasteiger partial charge on any atom is 0.415 e. The molecule has 2 fully saturated rings. The van der Waals surface area contributed by atoms with E-state index in [1.807, 2.05) is 6.07 Å². The van der Waals surface area contributed by atoms with Gasteiger partial charge in [0.2, 0.25) is 12.1 Å². The second-order valence-electron chi connectivity index (χ2n) is 16.2. The van der Waals surface area contributed by atoms with E-state index in [1.165, 1.54) is 29.2 Å². The lowest BCUT2D eigenvalue weighted by atomic mass is 9.55. The molecule has 0 bridgehead atoms. The quantitative estimate of drug-likeness (QED) is 0.0411. The number of rotatable bonds is 23. The number of unbranched alkanes of at least 4 members (excludes halogenated alkanes) is 2. The number of amides is 2. The Kier molecular flexibility index (Phi) is 17.9. The molecule has 0 aromatic heterocycles. The number of allylic oxidation sites excluding steroid dienone is 1. The second kappa shape index (κ2) is 23.7. The van der Waals surface area contributed by atoms with Gasteiger partial charge in [-0.25, -0.2) is 9.59 Å². The molecule has 2 heterocycles. The minimum absolute atomic E-state index is 0.000960. The van der Waals surface area contributed by atoms with Gasteiger partial charge in [0, 0.05) is 62.8 Å². The number of oxime groups is 1. The molecule has 4 N–H and O–H groups in total. The van der Waals surface area contributed by atoms with Gasteiger partial charge in [0.15, 0.2) is 0 Å². The van der Waals surface area contributed by atoms with Crippen molar-refractivity contribution in [2.75, 3.05) is 59.3 Å². The monoisotopic (exact) mass is 894 g/mol. The van der Waals surface area contributed by atoms with Gasteiger partial charge in [-0.15, -0.1) is 6.58 Å². The molecule has 350 valence electrons. The van der Waals surface area contributed by atoms with Crippen molar-refractivity contribution >= 4 is 23.6 Å². The number of ether oxygens (including phenoxy) is 6. The highest BCUT2D eigenvalue weighted by Crippen LogP contribution is 2.62. The lowest BCUT2D eigenvalue weighted by Crippen LogP contribution is -2.70. The number of aliphatic hydroxyl groups excluding tert-OH is 3. The predicted molar refractivity (Wildman–Crippen MR) is 233 cm³/mol. The van der Waals surface area contributed by atoms with Crippen molar-refractivity contribution in [3.8, 4) is 17.2 Å². The third-order valence-corrected chi connectivity index (χ3v) is 12.2. The first-order chi connectivity index (χ1) is 31.2. The lowest BCUT2D eigenvalue weighted by Gasteiger charge is -2.59. The van der Waals surface area contributed by atoms with Crippen molar-refractivity contribution in [3.05, 3.63) is 82.4 Å². The number of hydrogen-bond acceptors (Lipinski definition) is 15. The molecular formula is C46H62N4O14. The summed E-state index contributed by atoms with van der Waals surface area (Å²) in [5, 5.41) is 48.4. The molecule has 64 heavy (non-hydrogen) atoms. The third-order valence-electron chi connectivity index (χ3n) is 12.2. The number of carbonyl (C=O) groups excluding carboxylic acids is 2. The Morgan fingerprint density at radius 2 is 1.78 bits per heavy atom. The predicted octanol–water partition coefficient (Wildman–Crippen LogP) is 6.37. The number of hydrogen-bond donors (Lipinski definition) is 4. The van der Waals surface area contributed by atoms with Gasteiger partial charge in [-0.1, -0.05) is 30.1 Å². The van der Waals surface area contributed by atoms with E-state index in [9.17, 15) is 35.0 Å². The van der Waals surface area contributed by atoms with Crippen LogP contribution in [0, 0.1) is 27.9 Å². The summed E-state index contributed by atoms with van der Waals surface area (Å²) in [6.07, 6.45) is 8.24. The van der Waals surface area contributed by atoms with Crippen molar-refractivity contribution in [3.63, 3.8) is 0 Å². The van der Waals surface area contributed by atoms with Crippen LogP contribution in [-0.2, 0) is 19.0 Å². The molecule has 1 saturated carbocycles. The summed E-state index contributed by atoms with van der Waals surface area (Å²) in [4.78, 5) is 46.1. The third kappa shape index (κ3) is 11.6. The van der Waals surface area contributed by atoms with Crippen LogP contribution in [-0.4, -0.2) is 120 Å². The van der Waals surface area contributed by atoms with E-state index < -0.39 is 47.1 Å². The van der Waals surface area contributed by atoms with Crippen LogP contribution in [0.15, 0.2) is 71.9 Å². The van der Waals surface area contributed by atoms with Gasteiger partial charge in [0.1, 0.15) is 23.3 Å². The number of benzene rings is 2. The van der Waals surface area contributed by atoms with E-state index in [0.717, 1.165) is 36.8 Å². The van der Waals surface area contributed by atoms with Gasteiger partial charge >= 0.3 is 12.2 Å². The number of nitro groups is 1. The van der Waals surface area contributed by atoms with Gasteiger partial charge in [-0.2, -0.15) is 0 Å². The molecule has 7 atom stereocenters. The zero-order valence-electron chi connectivity index (χ0n) is 36.5. The molecule has 2 aliphatic carbocycles. The van der Waals surface area contributed by atoms with Crippen molar-refractivity contribution < 1.29 is 63.1 Å². The smallest absolute Gasteiger partial charge is 0.415 e. The van der Waals surface area contributed by atoms with Crippen LogP contribution in [0.25, 0.3) is 0 Å². The number of fused-ring (bicyclic) bond motifs is 2. The fourth-order valence-corrected chi connectivity index (χ4v) is 9.42. The van der Waals surface area contributed by atoms with Gasteiger partial charge in [0.25, 0.3) is 5.69 Å². The summed E-state index contributed by atoms with van der Waals surface area (Å²) >= 11 is 0. The van der Waals surface area contributed by atoms with E-state index in [2.05, 4.69) is 18.0 Å². The standard InChI is InChI=1S/C46H62N4O14/c1-3-24-60-46-40(49(20-26-58-27-23-53)45(55)62-33-16-14-32(15-17-33)50(56)57)30-38(48-64-41-13-7-10-25-59-41)36-28-31(11-5-8-21-51)35(12-6-9-22-52)42(43(36)46)37-29-34(18-19-39(37)63-46)61-44(54)47-4-2/h3,14-19,28-29,31,35,40-43,51-53H,1,4-13,20-27,30H2,2H3,(H,47,54)/t31-,35+,40-,41?,42+,43+,46+/m0/s1. The minimum atomic E-state index is -1.66. The highest BCUT2D eigenvalue weighted by molar-refractivity contribution is 6.03. The molecule has 6 rings (SSSR count). The highest BCUT2D eigenvalue weighted by Gasteiger charge is 2.65. The normalized spacial score (nSPS) is 25.2. The minimum Gasteiger partial charge on any atom is -0.459 e. The van der Waals surface area contributed by atoms with E-state index in [0.29, 0.717) is 62.5 Å². The molecule has 18 heteroatoms. The Hall–Kier alpha value is -5.11. The number of non-ortho nitro benzene ring substituents is 1. The fourth-order valence-electron chi connectivity index (χ4n) is 9.42. The first kappa shape index (κ1) is 48.3. The van der Waals surface area contributed by atoms with Crippen LogP contribution >= 0.6 is 0 Å². The molecule has 2 aromatic carbocycles. The Bertz CT molecular complexity index is 1940. The molecule has 4 aliphatic rings. The van der Waals surface area contributed by atoms with Gasteiger partial charge in [-0.3, -0.25) is 15.0 Å². The zero-order chi connectivity index (χ0) is 45.5. The Balaban J connectivity index is 1.57. The van der Waals surface area contributed by atoms with Crippen molar-refractivity contribution in [2.24, 2.45) is 22.9 Å². The molecule has 0 spiro atoms. The largest absolute Gasteiger partial charge is 0.459 e. The highest BCUT2D eigenvalue weighted by atomic mass is 16.8. The summed E-state index contributed by atoms with van der Waals surface area (Å²) in [6, 6.07) is 9.35. The molecule has 2 aromatic rings. The molecular weight excluding hydrogens is 833 g/mol. The van der Waals surface area contributed by atoms with Crippen molar-refractivity contribution in [1.82, 2.24) is 10.2 Å². The zero-order valence-corrected chi connectivity index (χ0v) is 36.5. The topological polar surface area (TPSA) is 230 Å². The number of nitro benzene ring substituents is 1. The average molecular weight is 895 g/mol. The second-order valence-corrected chi connectivity index (χ2v) is 16.2. The van der Waals surface area contributed by atoms with Crippen LogP contribution < -0.4 is 19.5 Å². The fraction of sp³-hybridized carbons (Fsp3) is 0.587.